The molecule has 13 heavy (non-hydrogen) atoms. The molecule has 1 rings (SSSR count). The molecule has 1 aliphatic heterocycles. The van der Waals surface area contributed by atoms with E-state index in [1.165, 1.54) is 31.5 Å². The molecule has 1 fully saturated rings. The predicted octanol–water partition coefficient (Wildman–Crippen LogP) is 2.35. The summed E-state index contributed by atoms with van der Waals surface area (Å²) in [6, 6.07) is 0. The van der Waals surface area contributed by atoms with Crippen LogP contribution in [0.2, 0.25) is 0 Å². The van der Waals surface area contributed by atoms with Gasteiger partial charge in [0.25, 0.3) is 0 Å². The van der Waals surface area contributed by atoms with Crippen molar-refractivity contribution in [2.75, 3.05) is 13.1 Å². The molecule has 0 amide bonds. The molecule has 1 aliphatic rings. The molecule has 1 nitrogen and oxygen atoms in total. The summed E-state index contributed by atoms with van der Waals surface area (Å²) in [6.07, 6.45) is 5.79. The lowest BCUT2D eigenvalue weighted by Crippen LogP contribution is -2.28. The monoisotopic (exact) mass is 177 g/mol. The zero-order chi connectivity index (χ0) is 9.52. The van der Waals surface area contributed by atoms with Gasteiger partial charge in [-0.05, 0) is 45.7 Å². The Kier molecular flexibility index (Phi) is 4.64. The van der Waals surface area contributed by atoms with E-state index in [1.807, 2.05) is 6.92 Å². The van der Waals surface area contributed by atoms with Crippen LogP contribution < -0.4 is 5.32 Å². The Hall–Kier alpha value is -0.740. The van der Waals surface area contributed by atoms with Crippen LogP contribution in [0.3, 0.4) is 0 Å². The number of allylic oxidation sites excluding steroid dienone is 2. The summed E-state index contributed by atoms with van der Waals surface area (Å²) in [7, 11) is 0. The topological polar surface area (TPSA) is 12.0 Å². The van der Waals surface area contributed by atoms with E-state index >= 15 is 0 Å². The fraction of sp³-hybridized carbons (Fsp3) is 0.667. The van der Waals surface area contributed by atoms with Crippen LogP contribution in [0.15, 0.2) is 11.6 Å². The minimum atomic E-state index is 0.805. The summed E-state index contributed by atoms with van der Waals surface area (Å²) in [5.74, 6) is 6.80. The van der Waals surface area contributed by atoms with E-state index < -0.39 is 0 Å². The Bertz CT molecular complexity index is 223. The summed E-state index contributed by atoms with van der Waals surface area (Å²) in [4.78, 5) is 0. The highest BCUT2D eigenvalue weighted by Gasteiger charge is 2.13. The highest BCUT2D eigenvalue weighted by molar-refractivity contribution is 5.10. The summed E-state index contributed by atoms with van der Waals surface area (Å²) in [5, 5.41) is 3.38. The lowest BCUT2D eigenvalue weighted by atomic mass is 9.90. The van der Waals surface area contributed by atoms with Crippen molar-refractivity contribution in [1.82, 2.24) is 5.32 Å². The number of rotatable bonds is 2. The Morgan fingerprint density at radius 3 is 2.77 bits per heavy atom. The van der Waals surface area contributed by atoms with Crippen LogP contribution in [0.4, 0.5) is 0 Å². The second kappa shape index (κ2) is 5.83. The molecule has 0 aromatic heterocycles. The minimum absolute atomic E-state index is 0.805. The van der Waals surface area contributed by atoms with Gasteiger partial charge in [-0.1, -0.05) is 17.6 Å². The second-order valence-electron chi connectivity index (χ2n) is 3.60. The van der Waals surface area contributed by atoms with Crippen LogP contribution in [-0.2, 0) is 0 Å². The van der Waals surface area contributed by atoms with Gasteiger partial charge in [-0.25, -0.2) is 0 Å². The Balaban J connectivity index is 2.38. The van der Waals surface area contributed by atoms with Crippen LogP contribution >= 0.6 is 0 Å². The molecular weight excluding hydrogens is 158 g/mol. The van der Waals surface area contributed by atoms with Crippen LogP contribution in [-0.4, -0.2) is 13.1 Å². The number of piperidine rings is 1. The highest BCUT2D eigenvalue weighted by atomic mass is 14.9. The molecule has 0 aromatic rings. The lowest BCUT2D eigenvalue weighted by Gasteiger charge is -2.23. The van der Waals surface area contributed by atoms with Gasteiger partial charge >= 0.3 is 0 Å². The summed E-state index contributed by atoms with van der Waals surface area (Å²) in [6.45, 7) is 6.49. The first-order valence-corrected chi connectivity index (χ1v) is 5.11. The van der Waals surface area contributed by atoms with Crippen LogP contribution in [0.25, 0.3) is 0 Å². The third-order valence-corrected chi connectivity index (χ3v) is 2.69. The third-order valence-electron chi connectivity index (χ3n) is 2.69. The maximum Gasteiger partial charge on any atom is 0.0272 e. The SMILES string of the molecule is CC#CC/C=C(/C)C1CCNCC1. The van der Waals surface area contributed by atoms with E-state index in [4.69, 9.17) is 0 Å². The smallest absolute Gasteiger partial charge is 0.0272 e. The average molecular weight is 177 g/mol. The van der Waals surface area contributed by atoms with E-state index in [0.717, 1.165) is 12.3 Å². The van der Waals surface area contributed by atoms with Crippen molar-refractivity contribution < 1.29 is 0 Å². The molecule has 1 N–H and O–H groups in total. The molecule has 0 saturated carbocycles. The summed E-state index contributed by atoms with van der Waals surface area (Å²) in [5.41, 5.74) is 1.53. The van der Waals surface area contributed by atoms with Gasteiger partial charge in [0, 0.05) is 6.42 Å². The van der Waals surface area contributed by atoms with Crippen LogP contribution in [0, 0.1) is 17.8 Å². The molecule has 1 heteroatoms. The van der Waals surface area contributed by atoms with Gasteiger partial charge in [0.1, 0.15) is 0 Å². The highest BCUT2D eigenvalue weighted by Crippen LogP contribution is 2.20. The van der Waals surface area contributed by atoms with Crippen molar-refractivity contribution in [1.29, 1.82) is 0 Å². The first kappa shape index (κ1) is 10.3. The van der Waals surface area contributed by atoms with Gasteiger partial charge in [-0.15, -0.1) is 5.92 Å². The molecule has 0 atom stereocenters. The molecule has 72 valence electrons. The zero-order valence-corrected chi connectivity index (χ0v) is 8.69. The minimum Gasteiger partial charge on any atom is -0.317 e. The zero-order valence-electron chi connectivity index (χ0n) is 8.69. The van der Waals surface area contributed by atoms with Crippen molar-refractivity contribution >= 4 is 0 Å². The van der Waals surface area contributed by atoms with Crippen molar-refractivity contribution in [2.45, 2.75) is 33.1 Å². The standard InChI is InChI=1S/C12H19N/c1-3-4-5-6-11(2)12-7-9-13-10-8-12/h6,12-13H,5,7-10H2,1-2H3/b11-6-. The molecular formula is C12H19N. The first-order valence-electron chi connectivity index (χ1n) is 5.11. The van der Waals surface area contributed by atoms with Crippen molar-refractivity contribution in [3.8, 4) is 11.8 Å². The van der Waals surface area contributed by atoms with Gasteiger partial charge in [0.05, 0.1) is 0 Å². The Morgan fingerprint density at radius 1 is 1.46 bits per heavy atom. The quantitative estimate of drug-likeness (QED) is 0.504. The fourth-order valence-corrected chi connectivity index (χ4v) is 1.76. The summed E-state index contributed by atoms with van der Waals surface area (Å²) < 4.78 is 0. The van der Waals surface area contributed by atoms with Crippen LogP contribution in [0.1, 0.15) is 33.1 Å². The van der Waals surface area contributed by atoms with E-state index in [0.29, 0.717) is 0 Å². The van der Waals surface area contributed by atoms with E-state index in [9.17, 15) is 0 Å². The first-order chi connectivity index (χ1) is 6.34. The van der Waals surface area contributed by atoms with Crippen molar-refractivity contribution in [3.63, 3.8) is 0 Å². The molecule has 0 spiro atoms. The molecule has 0 radical (unpaired) electrons. The van der Waals surface area contributed by atoms with Crippen molar-refractivity contribution in [3.05, 3.63) is 11.6 Å². The Labute approximate surface area is 81.6 Å². The molecule has 0 bridgehead atoms. The fourth-order valence-electron chi connectivity index (χ4n) is 1.76. The average Bonchev–Trinajstić information content (AvgIpc) is 2.19. The predicted molar refractivity (Wildman–Crippen MR) is 57.4 cm³/mol. The van der Waals surface area contributed by atoms with Crippen LogP contribution in [0.5, 0.6) is 0 Å². The number of hydrogen-bond acceptors (Lipinski definition) is 1. The summed E-state index contributed by atoms with van der Waals surface area (Å²) >= 11 is 0. The Morgan fingerprint density at radius 2 is 2.15 bits per heavy atom. The maximum absolute atomic E-state index is 3.38. The number of hydrogen-bond donors (Lipinski definition) is 1. The van der Waals surface area contributed by atoms with Gasteiger partial charge in [0.15, 0.2) is 0 Å². The number of nitrogens with one attached hydrogen (secondary N) is 1. The van der Waals surface area contributed by atoms with E-state index in [-0.39, 0.29) is 0 Å². The normalized spacial score (nSPS) is 19.4. The maximum atomic E-state index is 3.38. The largest absolute Gasteiger partial charge is 0.317 e. The molecule has 0 aromatic carbocycles. The van der Waals surface area contributed by atoms with E-state index in [1.54, 1.807) is 0 Å². The van der Waals surface area contributed by atoms with Crippen molar-refractivity contribution in [2.24, 2.45) is 5.92 Å². The second-order valence-corrected chi connectivity index (χ2v) is 3.60. The molecule has 1 heterocycles. The van der Waals surface area contributed by atoms with E-state index in [2.05, 4.69) is 30.2 Å². The lowest BCUT2D eigenvalue weighted by molar-refractivity contribution is 0.419. The van der Waals surface area contributed by atoms with Gasteiger partial charge in [0.2, 0.25) is 0 Å². The molecule has 0 aliphatic carbocycles. The van der Waals surface area contributed by atoms with Gasteiger partial charge in [-0.3, -0.25) is 0 Å². The molecule has 1 saturated heterocycles. The van der Waals surface area contributed by atoms with Gasteiger partial charge < -0.3 is 5.32 Å². The molecule has 0 unspecified atom stereocenters. The van der Waals surface area contributed by atoms with Gasteiger partial charge in [-0.2, -0.15) is 0 Å². The third kappa shape index (κ3) is 3.65.